The SMILES string of the molecule is CCCCCCCCCCCCCCC/C=C/CC/C=C/C(O)C(CO)NC(=O)C(O)CCCCCCCCCCCCCCCCCCCCC. The van der Waals surface area contributed by atoms with Crippen LogP contribution in [0.4, 0.5) is 0 Å². The maximum absolute atomic E-state index is 12.5. The minimum atomic E-state index is -1.10. The van der Waals surface area contributed by atoms with Gasteiger partial charge in [-0.2, -0.15) is 0 Å². The largest absolute Gasteiger partial charge is 0.394 e. The van der Waals surface area contributed by atoms with Crippen LogP contribution < -0.4 is 5.32 Å². The molecule has 0 aromatic heterocycles. The quantitative estimate of drug-likeness (QED) is 0.0371. The molecule has 0 aliphatic heterocycles. The summed E-state index contributed by atoms with van der Waals surface area (Å²) in [4.78, 5) is 12.5. The maximum atomic E-state index is 12.5. The van der Waals surface area contributed by atoms with Gasteiger partial charge in [0.1, 0.15) is 6.10 Å². The number of rotatable bonds is 42. The van der Waals surface area contributed by atoms with E-state index in [-0.39, 0.29) is 6.61 Å². The van der Waals surface area contributed by atoms with Gasteiger partial charge in [0.05, 0.1) is 18.8 Å². The fraction of sp³-hybridized carbons (Fsp3) is 0.894. The van der Waals surface area contributed by atoms with Gasteiger partial charge in [-0.05, 0) is 32.1 Å². The molecule has 308 valence electrons. The van der Waals surface area contributed by atoms with Crippen LogP contribution >= 0.6 is 0 Å². The van der Waals surface area contributed by atoms with E-state index in [1.807, 2.05) is 6.08 Å². The van der Waals surface area contributed by atoms with Crippen LogP contribution in [0.1, 0.15) is 245 Å². The zero-order valence-corrected chi connectivity index (χ0v) is 35.0. The molecule has 0 rings (SSSR count). The Morgan fingerprint density at radius 1 is 0.462 bits per heavy atom. The van der Waals surface area contributed by atoms with Crippen LogP contribution in [0.5, 0.6) is 0 Å². The van der Waals surface area contributed by atoms with Gasteiger partial charge < -0.3 is 20.6 Å². The maximum Gasteiger partial charge on any atom is 0.249 e. The van der Waals surface area contributed by atoms with Crippen molar-refractivity contribution < 1.29 is 20.1 Å². The first-order valence-corrected chi connectivity index (χ1v) is 23.2. The summed E-state index contributed by atoms with van der Waals surface area (Å²) >= 11 is 0. The number of aliphatic hydroxyl groups is 3. The molecule has 0 saturated heterocycles. The van der Waals surface area contributed by atoms with Crippen molar-refractivity contribution >= 4 is 5.91 Å². The lowest BCUT2D eigenvalue weighted by Gasteiger charge is -2.21. The molecular formula is C47H91NO4. The van der Waals surface area contributed by atoms with E-state index in [2.05, 4.69) is 31.3 Å². The summed E-state index contributed by atoms with van der Waals surface area (Å²) in [5.41, 5.74) is 0. The lowest BCUT2D eigenvalue weighted by atomic mass is 10.0. The van der Waals surface area contributed by atoms with Crippen molar-refractivity contribution in [1.82, 2.24) is 5.32 Å². The molecule has 0 aliphatic rings. The average molecular weight is 734 g/mol. The molecule has 3 unspecified atom stereocenters. The van der Waals surface area contributed by atoms with Crippen molar-refractivity contribution in [3.8, 4) is 0 Å². The zero-order chi connectivity index (χ0) is 38.0. The molecule has 0 saturated carbocycles. The van der Waals surface area contributed by atoms with Gasteiger partial charge in [0.25, 0.3) is 0 Å². The highest BCUT2D eigenvalue weighted by molar-refractivity contribution is 5.80. The monoisotopic (exact) mass is 734 g/mol. The average Bonchev–Trinajstić information content (AvgIpc) is 3.15. The Kier molecular flexibility index (Phi) is 41.6. The highest BCUT2D eigenvalue weighted by Gasteiger charge is 2.22. The third-order valence-corrected chi connectivity index (χ3v) is 10.8. The Labute approximate surface area is 324 Å². The van der Waals surface area contributed by atoms with Crippen LogP contribution in [0.2, 0.25) is 0 Å². The first-order valence-electron chi connectivity index (χ1n) is 23.2. The molecule has 0 fully saturated rings. The lowest BCUT2D eigenvalue weighted by molar-refractivity contribution is -0.131. The van der Waals surface area contributed by atoms with E-state index < -0.39 is 24.2 Å². The van der Waals surface area contributed by atoms with E-state index in [4.69, 9.17) is 0 Å². The summed E-state index contributed by atoms with van der Waals surface area (Å²) in [6.45, 7) is 4.19. The van der Waals surface area contributed by atoms with E-state index in [0.717, 1.165) is 38.5 Å². The summed E-state index contributed by atoms with van der Waals surface area (Å²) in [6, 6.07) is -0.811. The summed E-state index contributed by atoms with van der Waals surface area (Å²) in [5, 5.41) is 33.2. The van der Waals surface area contributed by atoms with E-state index >= 15 is 0 Å². The van der Waals surface area contributed by atoms with Gasteiger partial charge in [-0.3, -0.25) is 4.79 Å². The second-order valence-corrected chi connectivity index (χ2v) is 16.0. The predicted octanol–water partition coefficient (Wildman–Crippen LogP) is 13.4. The Hall–Kier alpha value is -1.17. The molecule has 0 bridgehead atoms. The topological polar surface area (TPSA) is 89.8 Å². The number of allylic oxidation sites excluding steroid dienone is 3. The molecule has 0 heterocycles. The van der Waals surface area contributed by atoms with Crippen molar-refractivity contribution in [3.63, 3.8) is 0 Å². The molecule has 0 aromatic carbocycles. The third kappa shape index (κ3) is 37.2. The molecule has 0 radical (unpaired) electrons. The van der Waals surface area contributed by atoms with Crippen LogP contribution in [0.15, 0.2) is 24.3 Å². The van der Waals surface area contributed by atoms with Crippen molar-refractivity contribution in [2.45, 2.75) is 263 Å². The highest BCUT2D eigenvalue weighted by Crippen LogP contribution is 2.16. The van der Waals surface area contributed by atoms with Crippen LogP contribution in [0, 0.1) is 0 Å². The third-order valence-electron chi connectivity index (χ3n) is 10.8. The number of unbranched alkanes of at least 4 members (excludes halogenated alkanes) is 32. The van der Waals surface area contributed by atoms with Crippen LogP contribution in [0.3, 0.4) is 0 Å². The van der Waals surface area contributed by atoms with Crippen LogP contribution in [-0.4, -0.2) is 46.1 Å². The van der Waals surface area contributed by atoms with Gasteiger partial charge >= 0.3 is 0 Å². The molecule has 1 amide bonds. The summed E-state index contributed by atoms with van der Waals surface area (Å²) in [7, 11) is 0. The lowest BCUT2D eigenvalue weighted by Crippen LogP contribution is -2.48. The number of nitrogens with one attached hydrogen (secondary N) is 1. The van der Waals surface area contributed by atoms with Gasteiger partial charge in [0.2, 0.25) is 5.91 Å². The second kappa shape index (κ2) is 42.6. The number of carbonyl (C=O) groups excluding carboxylic acids is 1. The Bertz CT molecular complexity index is 768. The number of hydrogen-bond acceptors (Lipinski definition) is 4. The number of aliphatic hydroxyl groups excluding tert-OH is 3. The number of hydrogen-bond donors (Lipinski definition) is 4. The Morgan fingerprint density at radius 3 is 1.17 bits per heavy atom. The highest BCUT2D eigenvalue weighted by atomic mass is 16.3. The second-order valence-electron chi connectivity index (χ2n) is 16.0. The molecule has 5 nitrogen and oxygen atoms in total. The number of amides is 1. The molecule has 5 heteroatoms. The van der Waals surface area contributed by atoms with Crippen molar-refractivity contribution in [2.75, 3.05) is 6.61 Å². The fourth-order valence-corrected chi connectivity index (χ4v) is 7.14. The standard InChI is InChI=1S/C47H91NO4/c1-3-5-7-9-11-13-15-17-19-21-23-25-27-29-31-33-35-37-39-41-45(50)44(43-49)48-47(52)46(51)42-40-38-36-34-32-30-28-26-24-22-20-18-16-14-12-10-8-6-4-2/h31,33,39,41,44-46,49-51H,3-30,32,34-38,40,42-43H2,1-2H3,(H,48,52)/b33-31+,41-39+. The first kappa shape index (κ1) is 50.8. The molecule has 0 aliphatic carbocycles. The zero-order valence-electron chi connectivity index (χ0n) is 35.0. The Morgan fingerprint density at radius 2 is 0.788 bits per heavy atom. The fourth-order valence-electron chi connectivity index (χ4n) is 7.14. The van der Waals surface area contributed by atoms with E-state index in [1.165, 1.54) is 186 Å². The molecule has 0 aromatic rings. The molecule has 0 spiro atoms. The Balaban J connectivity index is 3.67. The molecule has 3 atom stereocenters. The van der Waals surface area contributed by atoms with Crippen molar-refractivity contribution in [3.05, 3.63) is 24.3 Å². The van der Waals surface area contributed by atoms with Crippen molar-refractivity contribution in [1.29, 1.82) is 0 Å². The van der Waals surface area contributed by atoms with Crippen LogP contribution in [-0.2, 0) is 4.79 Å². The summed E-state index contributed by atoms with van der Waals surface area (Å²) < 4.78 is 0. The summed E-state index contributed by atoms with van der Waals surface area (Å²) in [6.07, 6.45) is 52.2. The normalized spacial score (nSPS) is 13.7. The van der Waals surface area contributed by atoms with E-state index in [0.29, 0.717) is 6.42 Å². The van der Waals surface area contributed by atoms with Gasteiger partial charge in [0, 0.05) is 0 Å². The van der Waals surface area contributed by atoms with Gasteiger partial charge in [-0.15, -0.1) is 0 Å². The minimum absolute atomic E-state index is 0.373. The van der Waals surface area contributed by atoms with Gasteiger partial charge in [-0.1, -0.05) is 237 Å². The summed E-state index contributed by atoms with van der Waals surface area (Å²) in [5.74, 6) is -0.509. The first-order chi connectivity index (χ1) is 25.6. The number of carbonyl (C=O) groups is 1. The molecule has 4 N–H and O–H groups in total. The van der Waals surface area contributed by atoms with Gasteiger partial charge in [-0.25, -0.2) is 0 Å². The van der Waals surface area contributed by atoms with E-state index in [9.17, 15) is 20.1 Å². The molecular weight excluding hydrogens is 643 g/mol. The van der Waals surface area contributed by atoms with Crippen LogP contribution in [0.25, 0.3) is 0 Å². The smallest absolute Gasteiger partial charge is 0.249 e. The minimum Gasteiger partial charge on any atom is -0.394 e. The molecule has 52 heavy (non-hydrogen) atoms. The van der Waals surface area contributed by atoms with Gasteiger partial charge in [0.15, 0.2) is 0 Å². The van der Waals surface area contributed by atoms with Crippen molar-refractivity contribution in [2.24, 2.45) is 0 Å². The van der Waals surface area contributed by atoms with E-state index in [1.54, 1.807) is 6.08 Å². The predicted molar refractivity (Wildman–Crippen MR) is 227 cm³/mol.